The zero-order valence-electron chi connectivity index (χ0n) is 9.62. The smallest absolute Gasteiger partial charge is 0.652 e. The molecule has 0 atom stereocenters. The first kappa shape index (κ1) is 24.0. The Hall–Kier alpha value is 0.540. The molecule has 1 N–H and O–H groups in total. The number of hydrogen-bond donors (Lipinski definition) is 1. The van der Waals surface area contributed by atoms with E-state index in [0.29, 0.717) is 0 Å². The molecule has 0 unspecified atom stereocenters. The number of aliphatic imine (C=N–C) groups is 1. The molecule has 0 amide bonds. The average molecular weight is 221 g/mol. The molecule has 14 heavy (non-hydrogen) atoms. The second-order valence-corrected chi connectivity index (χ2v) is 1.94. The largest absolute Gasteiger partial charge is 1.00 e. The van der Waals surface area contributed by atoms with E-state index < -0.39 is 6.16 Å². The van der Waals surface area contributed by atoms with E-state index in [2.05, 4.69) is 10.3 Å². The average Bonchev–Trinajstić information content (AvgIpc) is 1.87. The van der Waals surface area contributed by atoms with Gasteiger partial charge in [-0.2, -0.15) is 0 Å². The van der Waals surface area contributed by atoms with E-state index in [1.807, 2.05) is 26.0 Å². The van der Waals surface area contributed by atoms with Gasteiger partial charge in [0, 0.05) is 28.2 Å². The second-order valence-electron chi connectivity index (χ2n) is 1.94. The van der Waals surface area contributed by atoms with Crippen molar-refractivity contribution in [3.05, 3.63) is 0 Å². The number of nitrogens with zero attached hydrogens (tertiary/aromatic N) is 2. The van der Waals surface area contributed by atoms with Crippen molar-refractivity contribution in [3.63, 3.8) is 0 Å². The van der Waals surface area contributed by atoms with Crippen LogP contribution in [-0.4, -0.2) is 45.2 Å². The molecular weight excluding hydrogens is 208 g/mol. The third-order valence-corrected chi connectivity index (χ3v) is 0.859. The van der Waals surface area contributed by atoms with E-state index >= 15 is 0 Å². The minimum atomic E-state index is -2.33. The molecule has 0 aliphatic carbocycles. The molecule has 6 nitrogen and oxygen atoms in total. The Labute approximate surface area is 128 Å². The van der Waals surface area contributed by atoms with Gasteiger partial charge in [-0.15, -0.1) is 0 Å². The van der Waals surface area contributed by atoms with Gasteiger partial charge in [-0.05, 0) is 6.16 Å². The summed E-state index contributed by atoms with van der Waals surface area (Å²) in [6.45, 7) is 0. The summed E-state index contributed by atoms with van der Waals surface area (Å²) < 4.78 is 0. The molecule has 0 aromatic rings. The first-order valence-electron chi connectivity index (χ1n) is 3.15. The Bertz CT molecular complexity index is 160. The van der Waals surface area contributed by atoms with Crippen LogP contribution >= 0.6 is 0 Å². The van der Waals surface area contributed by atoms with Crippen LogP contribution in [0.15, 0.2) is 4.99 Å². The molecular formula is C6H13N3Na2O3. The van der Waals surface area contributed by atoms with Gasteiger partial charge in [0.15, 0.2) is 5.96 Å². The molecule has 0 heterocycles. The predicted molar refractivity (Wildman–Crippen MR) is 41.5 cm³/mol. The third-order valence-electron chi connectivity index (χ3n) is 0.859. The molecule has 0 aromatic heterocycles. The van der Waals surface area contributed by atoms with Crippen molar-refractivity contribution >= 4 is 12.1 Å². The number of guanidine groups is 1. The maximum absolute atomic E-state index is 8.33. The number of carbonyl (C=O) groups is 1. The quantitative estimate of drug-likeness (QED) is 0.249. The molecule has 0 aliphatic heterocycles. The van der Waals surface area contributed by atoms with Gasteiger partial charge < -0.3 is 25.2 Å². The summed E-state index contributed by atoms with van der Waals surface area (Å²) in [4.78, 5) is 14.2. The molecule has 72 valence electrons. The second kappa shape index (κ2) is 16.0. The minimum absolute atomic E-state index is 0. The molecule has 0 radical (unpaired) electrons. The van der Waals surface area contributed by atoms with Crippen LogP contribution in [0.5, 0.6) is 0 Å². The van der Waals surface area contributed by atoms with E-state index in [1.165, 1.54) is 0 Å². The summed E-state index contributed by atoms with van der Waals surface area (Å²) in [6.07, 6.45) is -2.33. The van der Waals surface area contributed by atoms with Crippen molar-refractivity contribution < 1.29 is 74.1 Å². The molecule has 0 saturated carbocycles. The fourth-order valence-corrected chi connectivity index (χ4v) is 0.535. The van der Waals surface area contributed by atoms with Crippen LogP contribution in [0, 0.1) is 0 Å². The van der Waals surface area contributed by atoms with Crippen LogP contribution in [-0.2, 0) is 0 Å². The van der Waals surface area contributed by atoms with Crippen molar-refractivity contribution in [1.29, 1.82) is 0 Å². The van der Waals surface area contributed by atoms with Crippen molar-refractivity contribution in [2.24, 2.45) is 4.99 Å². The van der Waals surface area contributed by atoms with Gasteiger partial charge in [-0.3, -0.25) is 4.99 Å². The van der Waals surface area contributed by atoms with Gasteiger partial charge >= 0.3 is 59.1 Å². The normalized spacial score (nSPS) is 8.14. The first-order valence-corrected chi connectivity index (χ1v) is 3.15. The van der Waals surface area contributed by atoms with Gasteiger partial charge in [0.25, 0.3) is 0 Å². The molecule has 0 aromatic carbocycles. The summed E-state index contributed by atoms with van der Waals surface area (Å²) in [5.74, 6) is 0.894. The fourth-order valence-electron chi connectivity index (χ4n) is 0.535. The van der Waals surface area contributed by atoms with Crippen molar-refractivity contribution in [2.45, 2.75) is 0 Å². The Kier molecular flexibility index (Phi) is 27.4. The predicted octanol–water partition coefficient (Wildman–Crippen LogP) is -8.69. The Balaban J connectivity index is -0.0000000733. The monoisotopic (exact) mass is 221 g/mol. The molecule has 0 bridgehead atoms. The van der Waals surface area contributed by atoms with Crippen LogP contribution < -0.4 is 74.6 Å². The third kappa shape index (κ3) is 22.9. The summed E-state index contributed by atoms with van der Waals surface area (Å²) >= 11 is 0. The number of carbonyl (C=O) groups excluding carboxylic acids is 1. The standard InChI is InChI=1S/C5H13N3.CH2O3.2Na/c1-6-5(7-2)8(3)4;2-1(3)4;;/h1-4H3,(H,6,7);(H2,2,3,4);;/q;;2*+1/p-2. The zero-order valence-corrected chi connectivity index (χ0v) is 13.6. The van der Waals surface area contributed by atoms with Crippen LogP contribution in [0.25, 0.3) is 0 Å². The zero-order chi connectivity index (χ0) is 10.1. The van der Waals surface area contributed by atoms with Crippen molar-refractivity contribution in [2.75, 3.05) is 28.2 Å². The van der Waals surface area contributed by atoms with E-state index in [9.17, 15) is 0 Å². The maximum atomic E-state index is 8.33. The SMILES string of the molecule is CN=C(NC)N(C)C.O=C([O-])[O-].[Na+].[Na+]. The number of carboxylic acid groups (broad SMARTS) is 2. The van der Waals surface area contributed by atoms with E-state index in [0.717, 1.165) is 5.96 Å². The van der Waals surface area contributed by atoms with E-state index in [-0.39, 0.29) is 59.1 Å². The molecule has 0 rings (SSSR count). The Morgan fingerprint density at radius 1 is 1.29 bits per heavy atom. The number of rotatable bonds is 0. The molecule has 8 heteroatoms. The van der Waals surface area contributed by atoms with Crippen LogP contribution in [0.3, 0.4) is 0 Å². The summed E-state index contributed by atoms with van der Waals surface area (Å²) in [5.41, 5.74) is 0. The number of nitrogens with one attached hydrogen (secondary N) is 1. The van der Waals surface area contributed by atoms with Crippen LogP contribution in [0.4, 0.5) is 4.79 Å². The summed E-state index contributed by atoms with van der Waals surface area (Å²) in [6, 6.07) is 0. The maximum Gasteiger partial charge on any atom is 1.00 e. The van der Waals surface area contributed by atoms with Crippen molar-refractivity contribution in [1.82, 2.24) is 10.2 Å². The first-order chi connectivity index (χ1) is 5.45. The van der Waals surface area contributed by atoms with Gasteiger partial charge in [0.05, 0.1) is 0 Å². The number of hydrogen-bond acceptors (Lipinski definition) is 4. The Morgan fingerprint density at radius 2 is 1.57 bits per heavy atom. The molecule has 0 aliphatic rings. The summed E-state index contributed by atoms with van der Waals surface area (Å²) in [7, 11) is 7.49. The molecule has 0 spiro atoms. The van der Waals surface area contributed by atoms with E-state index in [1.54, 1.807) is 7.05 Å². The van der Waals surface area contributed by atoms with Crippen LogP contribution in [0.1, 0.15) is 0 Å². The van der Waals surface area contributed by atoms with Crippen LogP contribution in [0.2, 0.25) is 0 Å². The van der Waals surface area contributed by atoms with Gasteiger partial charge in [0.1, 0.15) is 0 Å². The van der Waals surface area contributed by atoms with Gasteiger partial charge in [-0.25, -0.2) is 0 Å². The van der Waals surface area contributed by atoms with Gasteiger partial charge in [-0.1, -0.05) is 0 Å². The van der Waals surface area contributed by atoms with Gasteiger partial charge in [0.2, 0.25) is 0 Å². The fraction of sp³-hybridized carbons (Fsp3) is 0.667. The van der Waals surface area contributed by atoms with Crippen molar-refractivity contribution in [3.8, 4) is 0 Å². The summed E-state index contributed by atoms with van der Waals surface area (Å²) in [5, 5.41) is 19.6. The minimum Gasteiger partial charge on any atom is -0.652 e. The molecule has 0 fully saturated rings. The topological polar surface area (TPSA) is 90.8 Å². The Morgan fingerprint density at radius 3 is 1.57 bits per heavy atom. The van der Waals surface area contributed by atoms with E-state index in [4.69, 9.17) is 15.0 Å². The molecule has 0 saturated heterocycles.